The van der Waals surface area contributed by atoms with Gasteiger partial charge in [-0.15, -0.1) is 0 Å². The first-order chi connectivity index (χ1) is 10.1. The molecule has 0 saturated carbocycles. The molecule has 2 rings (SSSR count). The minimum absolute atomic E-state index is 0.0702. The van der Waals surface area contributed by atoms with Crippen LogP contribution >= 0.6 is 34.8 Å². The summed E-state index contributed by atoms with van der Waals surface area (Å²) >= 11 is 17.6. The van der Waals surface area contributed by atoms with Crippen molar-refractivity contribution in [3.63, 3.8) is 0 Å². The third-order valence-corrected chi connectivity index (χ3v) is 6.20. The Morgan fingerprint density at radius 3 is 2.50 bits per heavy atom. The summed E-state index contributed by atoms with van der Waals surface area (Å²) in [6.07, 6.45) is 0.384. The lowest BCUT2D eigenvalue weighted by Gasteiger charge is -2.23. The number of ether oxygens (including phenoxy) is 1. The van der Waals surface area contributed by atoms with Crippen LogP contribution in [0, 0.1) is 0 Å². The number of nitrogens with one attached hydrogen (secondary N) is 1. The summed E-state index contributed by atoms with van der Waals surface area (Å²) in [6.45, 7) is 1.40. The number of sulfone groups is 1. The fourth-order valence-corrected chi connectivity index (χ4v) is 4.92. The molecule has 0 bridgehead atoms. The Morgan fingerprint density at radius 1 is 1.27 bits per heavy atom. The first kappa shape index (κ1) is 17.7. The van der Waals surface area contributed by atoms with Gasteiger partial charge in [-0.05, 0) is 19.4 Å². The molecule has 1 amide bonds. The lowest BCUT2D eigenvalue weighted by atomic mass is 10.0. The third kappa shape index (κ3) is 4.41. The molecule has 122 valence electrons. The van der Waals surface area contributed by atoms with E-state index in [9.17, 15) is 13.2 Å². The van der Waals surface area contributed by atoms with Gasteiger partial charge in [0.2, 0.25) is 0 Å². The maximum atomic E-state index is 11.9. The highest BCUT2D eigenvalue weighted by molar-refractivity contribution is 7.91. The normalized spacial score (nSPS) is 23.3. The average molecular weight is 387 g/mol. The van der Waals surface area contributed by atoms with Crippen molar-refractivity contribution in [1.29, 1.82) is 0 Å². The highest BCUT2D eigenvalue weighted by Crippen LogP contribution is 2.33. The molecule has 0 aliphatic carbocycles. The molecular formula is C13H14Cl3NO4S. The van der Waals surface area contributed by atoms with Crippen molar-refractivity contribution in [3.05, 3.63) is 27.2 Å². The van der Waals surface area contributed by atoms with Crippen molar-refractivity contribution in [3.8, 4) is 5.75 Å². The fraction of sp³-hybridized carbons (Fsp3) is 0.462. The minimum Gasteiger partial charge on any atom is -0.482 e. The molecular weight excluding hydrogens is 373 g/mol. The van der Waals surface area contributed by atoms with E-state index < -0.39 is 21.3 Å². The number of halogens is 3. The van der Waals surface area contributed by atoms with Gasteiger partial charge in [-0.2, -0.15) is 0 Å². The van der Waals surface area contributed by atoms with E-state index in [1.54, 1.807) is 6.92 Å². The zero-order valence-electron chi connectivity index (χ0n) is 11.7. The summed E-state index contributed by atoms with van der Waals surface area (Å²) in [4.78, 5) is 11.9. The summed E-state index contributed by atoms with van der Waals surface area (Å²) in [5.74, 6) is -0.195. The summed E-state index contributed by atoms with van der Waals surface area (Å²) in [6, 6.07) is 2.84. The molecule has 0 aromatic heterocycles. The van der Waals surface area contributed by atoms with Crippen LogP contribution in [-0.2, 0) is 14.6 Å². The van der Waals surface area contributed by atoms with Gasteiger partial charge in [0.15, 0.2) is 16.4 Å². The maximum Gasteiger partial charge on any atom is 0.258 e. The Labute approximate surface area is 143 Å². The molecule has 0 spiro atoms. The zero-order chi connectivity index (χ0) is 16.5. The largest absolute Gasteiger partial charge is 0.482 e. The SMILES string of the molecule is C[C@@]1(NC(=O)COc2cc(Cl)c(Cl)cc2Cl)CCS(=O)(=O)C1. The second-order valence-corrected chi connectivity index (χ2v) is 8.84. The second-order valence-electron chi connectivity index (χ2n) is 5.44. The fourth-order valence-electron chi connectivity index (χ4n) is 2.24. The van der Waals surface area contributed by atoms with E-state index in [1.807, 2.05) is 0 Å². The number of rotatable bonds is 4. The highest BCUT2D eigenvalue weighted by Gasteiger charge is 2.39. The lowest BCUT2D eigenvalue weighted by molar-refractivity contribution is -0.124. The molecule has 1 atom stereocenters. The van der Waals surface area contributed by atoms with Gasteiger partial charge in [0.05, 0.1) is 32.1 Å². The van der Waals surface area contributed by atoms with Gasteiger partial charge in [0, 0.05) is 6.07 Å². The van der Waals surface area contributed by atoms with E-state index in [0.717, 1.165) is 0 Å². The Bertz CT molecular complexity index is 707. The van der Waals surface area contributed by atoms with Crippen LogP contribution in [0.4, 0.5) is 0 Å². The number of carbonyl (C=O) groups excluding carboxylic acids is 1. The Balaban J connectivity index is 1.95. The quantitative estimate of drug-likeness (QED) is 0.808. The van der Waals surface area contributed by atoms with E-state index in [2.05, 4.69) is 5.32 Å². The molecule has 1 N–H and O–H groups in total. The lowest BCUT2D eigenvalue weighted by Crippen LogP contribution is -2.48. The number of benzene rings is 1. The summed E-state index contributed by atoms with van der Waals surface area (Å²) in [7, 11) is -3.09. The highest BCUT2D eigenvalue weighted by atomic mass is 35.5. The second kappa shape index (κ2) is 6.43. The van der Waals surface area contributed by atoms with Gasteiger partial charge >= 0.3 is 0 Å². The molecule has 9 heteroatoms. The van der Waals surface area contributed by atoms with E-state index in [1.165, 1.54) is 12.1 Å². The van der Waals surface area contributed by atoms with Gasteiger partial charge in [-0.25, -0.2) is 8.42 Å². The summed E-state index contributed by atoms with van der Waals surface area (Å²) < 4.78 is 28.3. The first-order valence-electron chi connectivity index (χ1n) is 6.39. The van der Waals surface area contributed by atoms with E-state index in [-0.39, 0.29) is 38.9 Å². The van der Waals surface area contributed by atoms with Crippen molar-refractivity contribution in [2.45, 2.75) is 18.9 Å². The topological polar surface area (TPSA) is 72.5 Å². The molecule has 5 nitrogen and oxygen atoms in total. The average Bonchev–Trinajstić information content (AvgIpc) is 2.66. The van der Waals surface area contributed by atoms with Crippen molar-refractivity contribution in [2.75, 3.05) is 18.1 Å². The van der Waals surface area contributed by atoms with Crippen LogP contribution in [0.2, 0.25) is 15.1 Å². The van der Waals surface area contributed by atoms with Crippen molar-refractivity contribution in [1.82, 2.24) is 5.32 Å². The minimum atomic E-state index is -3.09. The Hall–Kier alpha value is -0.690. The van der Waals surface area contributed by atoms with Gasteiger partial charge in [0.25, 0.3) is 5.91 Å². The molecule has 1 heterocycles. The predicted molar refractivity (Wildman–Crippen MR) is 86.8 cm³/mol. The number of amides is 1. The van der Waals surface area contributed by atoms with E-state index >= 15 is 0 Å². The van der Waals surface area contributed by atoms with Crippen molar-refractivity contribution < 1.29 is 17.9 Å². The van der Waals surface area contributed by atoms with Crippen molar-refractivity contribution in [2.24, 2.45) is 0 Å². The van der Waals surface area contributed by atoms with Crippen LogP contribution in [0.15, 0.2) is 12.1 Å². The smallest absolute Gasteiger partial charge is 0.258 e. The Morgan fingerprint density at radius 2 is 1.91 bits per heavy atom. The summed E-state index contributed by atoms with van der Waals surface area (Å²) in [5.41, 5.74) is -0.763. The van der Waals surface area contributed by atoms with Gasteiger partial charge in [0.1, 0.15) is 5.75 Å². The molecule has 1 aromatic rings. The molecule has 1 aliphatic rings. The third-order valence-electron chi connectivity index (χ3n) is 3.28. The van der Waals surface area contributed by atoms with Crippen LogP contribution in [-0.4, -0.2) is 38.0 Å². The zero-order valence-corrected chi connectivity index (χ0v) is 14.7. The maximum absolute atomic E-state index is 11.9. The molecule has 22 heavy (non-hydrogen) atoms. The van der Waals surface area contributed by atoms with E-state index in [0.29, 0.717) is 6.42 Å². The molecule has 1 fully saturated rings. The van der Waals surface area contributed by atoms with E-state index in [4.69, 9.17) is 39.5 Å². The number of hydrogen-bond donors (Lipinski definition) is 1. The standard InChI is InChI=1S/C13H14Cl3NO4S/c1-13(2-3-22(19,20)7-13)17-12(18)6-21-11-5-9(15)8(14)4-10(11)16/h4-5H,2-3,6-7H2,1H3,(H,17,18)/t13-/m1/s1. The molecule has 0 radical (unpaired) electrons. The summed E-state index contributed by atoms with van der Waals surface area (Å²) in [5, 5.41) is 3.46. The van der Waals surface area contributed by atoms with Gasteiger partial charge in [-0.1, -0.05) is 34.8 Å². The van der Waals surface area contributed by atoms with Gasteiger partial charge in [-0.3, -0.25) is 4.79 Å². The monoisotopic (exact) mass is 385 g/mol. The Kier molecular flexibility index (Phi) is 5.16. The van der Waals surface area contributed by atoms with Crippen LogP contribution in [0.25, 0.3) is 0 Å². The van der Waals surface area contributed by atoms with Crippen molar-refractivity contribution >= 4 is 50.5 Å². The van der Waals surface area contributed by atoms with Crippen LogP contribution < -0.4 is 10.1 Å². The number of hydrogen-bond acceptors (Lipinski definition) is 4. The first-order valence-corrected chi connectivity index (χ1v) is 9.35. The predicted octanol–water partition coefficient (Wildman–Crippen LogP) is 2.72. The van der Waals surface area contributed by atoms with Crippen LogP contribution in [0.1, 0.15) is 13.3 Å². The molecule has 1 aromatic carbocycles. The van der Waals surface area contributed by atoms with Crippen LogP contribution in [0.3, 0.4) is 0 Å². The molecule has 1 aliphatic heterocycles. The molecule has 0 unspecified atom stereocenters. The van der Waals surface area contributed by atoms with Gasteiger partial charge < -0.3 is 10.1 Å². The number of carbonyl (C=O) groups is 1. The van der Waals surface area contributed by atoms with Crippen LogP contribution in [0.5, 0.6) is 5.75 Å². The molecule has 1 saturated heterocycles.